The zero-order valence-corrected chi connectivity index (χ0v) is 12.0. The number of nitrogens with zero attached hydrogens (tertiary/aromatic N) is 2. The Bertz CT molecular complexity index is 420. The minimum Gasteiger partial charge on any atom is -0.396 e. The van der Waals surface area contributed by atoms with E-state index < -0.39 is 11.0 Å². The maximum atomic E-state index is 11.0. The summed E-state index contributed by atoms with van der Waals surface area (Å²) in [5.74, 6) is 0. The average Bonchev–Trinajstić information content (AvgIpc) is 2.79. The normalized spacial score (nSPS) is 12.4. The van der Waals surface area contributed by atoms with Gasteiger partial charge >= 0.3 is 5.69 Å². The van der Waals surface area contributed by atoms with E-state index in [0.29, 0.717) is 16.4 Å². The fraction of sp³-hybridized carbons (Fsp3) is 0.667. The van der Waals surface area contributed by atoms with Gasteiger partial charge in [-0.3, -0.25) is 10.1 Å². The summed E-state index contributed by atoms with van der Waals surface area (Å²) in [4.78, 5) is 13.0. The molecule has 108 valence electrons. The Hall–Kier alpha value is -1.18. The quantitative estimate of drug-likeness (QED) is 0.435. The molecular formula is C12H20N2O4S. The topological polar surface area (TPSA) is 86.8 Å². The molecule has 0 aliphatic heterocycles. The molecule has 7 heteroatoms. The predicted molar refractivity (Wildman–Crippen MR) is 75.8 cm³/mol. The Morgan fingerprint density at radius 1 is 1.47 bits per heavy atom. The second-order valence-corrected chi connectivity index (χ2v) is 5.54. The Morgan fingerprint density at radius 3 is 2.68 bits per heavy atom. The first kappa shape index (κ1) is 15.9. The number of hydrogen-bond acceptors (Lipinski definition) is 6. The van der Waals surface area contributed by atoms with E-state index in [9.17, 15) is 15.2 Å². The molecule has 2 N–H and O–H groups in total. The van der Waals surface area contributed by atoms with Gasteiger partial charge in [0.2, 0.25) is 0 Å². The average molecular weight is 288 g/mol. The number of nitro groups is 1. The first-order valence-electron chi connectivity index (χ1n) is 6.25. The minimum atomic E-state index is -0.694. The molecule has 0 amide bonds. The van der Waals surface area contributed by atoms with Gasteiger partial charge in [-0.15, -0.1) is 11.3 Å². The number of thiophene rings is 1. The molecule has 0 aliphatic rings. The van der Waals surface area contributed by atoms with Crippen LogP contribution in [0.2, 0.25) is 0 Å². The van der Waals surface area contributed by atoms with Crippen molar-refractivity contribution in [3.63, 3.8) is 0 Å². The highest BCUT2D eigenvalue weighted by atomic mass is 32.1. The summed E-state index contributed by atoms with van der Waals surface area (Å²) in [6.45, 7) is 2.47. The molecule has 1 rings (SSSR count). The molecule has 1 atom stereocenters. The van der Waals surface area contributed by atoms with Crippen LogP contribution in [0.15, 0.2) is 6.07 Å². The number of unbranched alkanes of at least 4 members (excludes halogenated alkanes) is 2. The monoisotopic (exact) mass is 288 g/mol. The van der Waals surface area contributed by atoms with Crippen molar-refractivity contribution in [1.82, 2.24) is 0 Å². The Kier molecular flexibility index (Phi) is 6.20. The molecule has 0 saturated carbocycles. The fourth-order valence-corrected chi connectivity index (χ4v) is 2.79. The van der Waals surface area contributed by atoms with Crippen molar-refractivity contribution >= 4 is 22.0 Å². The van der Waals surface area contributed by atoms with Crippen molar-refractivity contribution in [2.75, 3.05) is 25.1 Å². The molecule has 0 fully saturated rings. The maximum Gasteiger partial charge on any atom is 0.304 e. The molecule has 0 saturated heterocycles. The van der Waals surface area contributed by atoms with E-state index in [2.05, 4.69) is 0 Å². The third-order valence-electron chi connectivity index (χ3n) is 2.82. The minimum absolute atomic E-state index is 0.0468. The summed E-state index contributed by atoms with van der Waals surface area (Å²) >= 11 is 1.25. The van der Waals surface area contributed by atoms with Gasteiger partial charge in [-0.25, -0.2) is 0 Å². The Labute approximate surface area is 116 Å². The van der Waals surface area contributed by atoms with Crippen LogP contribution in [0, 0.1) is 10.1 Å². The van der Waals surface area contributed by atoms with Crippen molar-refractivity contribution in [3.8, 4) is 0 Å². The highest BCUT2D eigenvalue weighted by Crippen LogP contribution is 2.39. The summed E-state index contributed by atoms with van der Waals surface area (Å²) in [7, 11) is 1.81. The Morgan fingerprint density at radius 2 is 2.16 bits per heavy atom. The maximum absolute atomic E-state index is 11.0. The van der Waals surface area contributed by atoms with Crippen LogP contribution in [-0.2, 0) is 0 Å². The van der Waals surface area contributed by atoms with Gasteiger partial charge in [0, 0.05) is 31.1 Å². The smallest absolute Gasteiger partial charge is 0.304 e. The van der Waals surface area contributed by atoms with Gasteiger partial charge in [0.25, 0.3) is 0 Å². The summed E-state index contributed by atoms with van der Waals surface area (Å²) < 4.78 is 0. The van der Waals surface area contributed by atoms with Crippen LogP contribution in [0.5, 0.6) is 0 Å². The number of hydrogen-bond donors (Lipinski definition) is 2. The van der Waals surface area contributed by atoms with Crippen molar-refractivity contribution in [3.05, 3.63) is 21.1 Å². The number of aliphatic hydroxyl groups is 2. The summed E-state index contributed by atoms with van der Waals surface area (Å²) in [5, 5.41) is 29.8. The molecule has 0 spiro atoms. The lowest BCUT2D eigenvalue weighted by Gasteiger charge is -2.16. The van der Waals surface area contributed by atoms with E-state index >= 15 is 0 Å². The molecule has 0 radical (unpaired) electrons. The summed E-state index contributed by atoms with van der Waals surface area (Å²) in [6.07, 6.45) is 1.82. The highest BCUT2D eigenvalue weighted by molar-refractivity contribution is 7.16. The van der Waals surface area contributed by atoms with Gasteiger partial charge in [-0.2, -0.15) is 0 Å². The second kappa shape index (κ2) is 7.42. The molecule has 1 aromatic heterocycles. The lowest BCUT2D eigenvalue weighted by Crippen LogP contribution is -2.18. The number of anilines is 1. The molecule has 0 aromatic carbocycles. The SMILES string of the molecule is CC(O)c1cc([N+](=O)[O-])c(N(C)CCCCCO)s1. The van der Waals surface area contributed by atoms with Crippen LogP contribution >= 0.6 is 11.3 Å². The fourth-order valence-electron chi connectivity index (χ4n) is 1.74. The molecule has 19 heavy (non-hydrogen) atoms. The van der Waals surface area contributed by atoms with Crippen molar-refractivity contribution in [1.29, 1.82) is 0 Å². The van der Waals surface area contributed by atoms with Crippen LogP contribution in [-0.4, -0.2) is 35.3 Å². The predicted octanol–water partition coefficient (Wildman–Crippen LogP) is 2.31. The van der Waals surface area contributed by atoms with Crippen LogP contribution in [0.3, 0.4) is 0 Å². The molecular weight excluding hydrogens is 268 g/mol. The lowest BCUT2D eigenvalue weighted by atomic mass is 10.2. The zero-order valence-electron chi connectivity index (χ0n) is 11.2. The third-order valence-corrected chi connectivity index (χ3v) is 4.23. The van der Waals surface area contributed by atoms with Gasteiger partial charge in [0.15, 0.2) is 5.00 Å². The number of aliphatic hydroxyl groups excluding tert-OH is 2. The van der Waals surface area contributed by atoms with E-state index in [0.717, 1.165) is 19.3 Å². The van der Waals surface area contributed by atoms with E-state index in [4.69, 9.17) is 5.11 Å². The van der Waals surface area contributed by atoms with Crippen LogP contribution in [0.1, 0.15) is 37.2 Å². The zero-order chi connectivity index (χ0) is 14.4. The van der Waals surface area contributed by atoms with Gasteiger partial charge in [-0.05, 0) is 26.2 Å². The largest absolute Gasteiger partial charge is 0.396 e. The van der Waals surface area contributed by atoms with Gasteiger partial charge < -0.3 is 15.1 Å². The molecule has 1 aromatic rings. The highest BCUT2D eigenvalue weighted by Gasteiger charge is 2.23. The summed E-state index contributed by atoms with van der Waals surface area (Å²) in [6, 6.07) is 1.44. The van der Waals surface area contributed by atoms with Crippen molar-refractivity contribution in [2.45, 2.75) is 32.3 Å². The van der Waals surface area contributed by atoms with Crippen molar-refractivity contribution in [2.24, 2.45) is 0 Å². The Balaban J connectivity index is 2.76. The van der Waals surface area contributed by atoms with Crippen molar-refractivity contribution < 1.29 is 15.1 Å². The number of rotatable bonds is 8. The van der Waals surface area contributed by atoms with E-state index in [1.54, 1.807) is 6.92 Å². The molecule has 1 unspecified atom stereocenters. The van der Waals surface area contributed by atoms with Crippen LogP contribution < -0.4 is 4.90 Å². The molecule has 1 heterocycles. The van der Waals surface area contributed by atoms with Crippen LogP contribution in [0.25, 0.3) is 0 Å². The molecule has 6 nitrogen and oxygen atoms in total. The standard InChI is InChI=1S/C12H20N2O4S/c1-9(16)11-8-10(14(17)18)12(19-11)13(2)6-4-3-5-7-15/h8-9,15-16H,3-7H2,1-2H3. The first-order valence-corrected chi connectivity index (χ1v) is 7.07. The van der Waals surface area contributed by atoms with Gasteiger partial charge in [0.1, 0.15) is 0 Å². The molecule has 0 bridgehead atoms. The van der Waals surface area contributed by atoms with Gasteiger partial charge in [-0.1, -0.05) is 0 Å². The molecule has 0 aliphatic carbocycles. The van der Waals surface area contributed by atoms with Crippen LogP contribution in [0.4, 0.5) is 10.7 Å². The van der Waals surface area contributed by atoms with Gasteiger partial charge in [0.05, 0.1) is 11.0 Å². The van der Waals surface area contributed by atoms with E-state index in [-0.39, 0.29) is 12.3 Å². The summed E-state index contributed by atoms with van der Waals surface area (Å²) in [5.41, 5.74) is 0.0468. The third kappa shape index (κ3) is 4.45. The van der Waals surface area contributed by atoms with E-state index in [1.807, 2.05) is 11.9 Å². The lowest BCUT2D eigenvalue weighted by molar-refractivity contribution is -0.383. The van der Waals surface area contributed by atoms with E-state index in [1.165, 1.54) is 17.4 Å². The first-order chi connectivity index (χ1) is 8.97. The second-order valence-electron chi connectivity index (χ2n) is 4.48.